The highest BCUT2D eigenvalue weighted by molar-refractivity contribution is 5.96. The first kappa shape index (κ1) is 39.8. The molecule has 3 heterocycles. The van der Waals surface area contributed by atoms with E-state index in [1.807, 2.05) is 0 Å². The van der Waals surface area contributed by atoms with E-state index in [1.54, 1.807) is 19.6 Å². The van der Waals surface area contributed by atoms with Gasteiger partial charge in [-0.2, -0.15) is 4.68 Å². The van der Waals surface area contributed by atoms with E-state index >= 15 is 0 Å². The number of fused-ring (bicyclic) bond motifs is 1. The Balaban J connectivity index is 1.37. The summed E-state index contributed by atoms with van der Waals surface area (Å²) in [4.78, 5) is 81.4. The second-order valence-electron chi connectivity index (χ2n) is 11.2. The van der Waals surface area contributed by atoms with Gasteiger partial charge in [-0.15, -0.1) is 5.10 Å². The van der Waals surface area contributed by atoms with E-state index in [1.165, 1.54) is 0 Å². The van der Waals surface area contributed by atoms with Crippen molar-refractivity contribution in [1.82, 2.24) is 44.0 Å². The van der Waals surface area contributed by atoms with E-state index in [4.69, 9.17) is 19.9 Å². The summed E-state index contributed by atoms with van der Waals surface area (Å²) >= 11 is 0. The first-order valence-electron chi connectivity index (χ1n) is 15.9. The first-order valence-corrected chi connectivity index (χ1v) is 15.9. The minimum absolute atomic E-state index is 0.0315. The number of hydrogen-bond donors (Lipinski definition) is 4. The topological polar surface area (TPSA) is 278 Å². The van der Waals surface area contributed by atoms with Crippen LogP contribution in [0.5, 0.6) is 0 Å². The fraction of sp³-hybridized carbons (Fsp3) is 0.679. The molecule has 1 aliphatic rings. The molecule has 22 heteroatoms. The minimum Gasteiger partial charge on any atom is -0.480 e. The van der Waals surface area contributed by atoms with Gasteiger partial charge in [-0.1, -0.05) is 5.21 Å². The van der Waals surface area contributed by atoms with Crippen molar-refractivity contribution in [3.63, 3.8) is 0 Å². The van der Waals surface area contributed by atoms with Crippen molar-refractivity contribution < 1.29 is 53.5 Å². The highest BCUT2D eigenvalue weighted by Gasteiger charge is 2.22. The van der Waals surface area contributed by atoms with Crippen LogP contribution in [0.3, 0.4) is 0 Å². The Kier molecular flexibility index (Phi) is 16.6. The third kappa shape index (κ3) is 13.7. The maximum absolute atomic E-state index is 13.1. The summed E-state index contributed by atoms with van der Waals surface area (Å²) in [5, 5.41) is 35.6. The molecule has 1 fully saturated rings. The molecule has 2 aromatic rings. The highest BCUT2D eigenvalue weighted by atomic mass is 16.5. The quantitative estimate of drug-likeness (QED) is 0.101. The lowest BCUT2D eigenvalue weighted by atomic mass is 10.3. The van der Waals surface area contributed by atoms with E-state index in [-0.39, 0.29) is 142 Å². The van der Waals surface area contributed by atoms with Crippen LogP contribution in [0.25, 0.3) is 5.65 Å². The molecule has 0 saturated carbocycles. The summed E-state index contributed by atoms with van der Waals surface area (Å²) < 4.78 is 18.6. The zero-order chi connectivity index (χ0) is 36.5. The van der Waals surface area contributed by atoms with Crippen molar-refractivity contribution in [3.8, 4) is 0 Å². The van der Waals surface area contributed by atoms with E-state index in [2.05, 4.69) is 15.3 Å². The molecule has 3 rings (SSSR count). The summed E-state index contributed by atoms with van der Waals surface area (Å²) in [6.07, 6.45) is 1.19. The molecule has 50 heavy (non-hydrogen) atoms. The third-order valence-electron chi connectivity index (χ3n) is 7.57. The van der Waals surface area contributed by atoms with Gasteiger partial charge in [0.2, 0.25) is 5.91 Å². The fourth-order valence-corrected chi connectivity index (χ4v) is 5.00. The molecule has 5 N–H and O–H groups in total. The number of carbonyl (C=O) groups is 5. The number of carboxylic acids is 3. The number of nitrogens with zero attached hydrogens (tertiary/aromatic N) is 9. The van der Waals surface area contributed by atoms with Crippen molar-refractivity contribution in [3.05, 3.63) is 22.5 Å². The van der Waals surface area contributed by atoms with Gasteiger partial charge in [0.05, 0.1) is 72.2 Å². The van der Waals surface area contributed by atoms with Crippen LogP contribution in [0.15, 0.2) is 11.1 Å². The maximum Gasteiger partial charge on any atom is 0.353 e. The van der Waals surface area contributed by atoms with Gasteiger partial charge in [0.1, 0.15) is 6.33 Å². The highest BCUT2D eigenvalue weighted by Crippen LogP contribution is 2.04. The first-order chi connectivity index (χ1) is 23.9. The summed E-state index contributed by atoms with van der Waals surface area (Å²) in [5.41, 5.74) is 4.46. The molecule has 0 aromatic carbocycles. The number of hydrogen-bond acceptors (Lipinski definition) is 15. The zero-order valence-corrected chi connectivity index (χ0v) is 27.6. The lowest BCUT2D eigenvalue weighted by Crippen LogP contribution is -2.49. The van der Waals surface area contributed by atoms with Gasteiger partial charge < -0.3 is 40.2 Å². The Morgan fingerprint density at radius 2 is 1.16 bits per heavy atom. The van der Waals surface area contributed by atoms with Gasteiger partial charge in [0, 0.05) is 52.4 Å². The molecule has 0 bridgehead atoms. The maximum atomic E-state index is 13.1. The predicted molar refractivity (Wildman–Crippen MR) is 169 cm³/mol. The number of carbonyl (C=O) groups excluding carboxylic acids is 2. The lowest BCUT2D eigenvalue weighted by Gasteiger charge is -2.33. The van der Waals surface area contributed by atoms with E-state index in [0.717, 1.165) is 15.4 Å². The van der Waals surface area contributed by atoms with Crippen LogP contribution in [-0.4, -0.2) is 201 Å². The minimum atomic E-state index is -1.05. The predicted octanol–water partition coefficient (Wildman–Crippen LogP) is -4.17. The van der Waals surface area contributed by atoms with Crippen molar-refractivity contribution in [2.24, 2.45) is 5.73 Å². The SMILES string of the molecule is NC(=O)c1ncn2c(=O)n(CCOCCOCCOCCC(=O)N3CCN(CC(=O)O)CCN(CC(=O)O)CCN(CC(=O)O)CC3)nnc12. The van der Waals surface area contributed by atoms with Gasteiger partial charge in [-0.25, -0.2) is 14.2 Å². The third-order valence-corrected chi connectivity index (χ3v) is 7.57. The van der Waals surface area contributed by atoms with Crippen LogP contribution in [0.2, 0.25) is 0 Å². The Labute approximate surface area is 285 Å². The molecule has 0 unspecified atom stereocenters. The molecule has 22 nitrogen and oxygen atoms in total. The molecule has 2 amide bonds. The van der Waals surface area contributed by atoms with Crippen LogP contribution in [0.4, 0.5) is 0 Å². The molecule has 1 saturated heterocycles. The second kappa shape index (κ2) is 20.8. The number of carboxylic acid groups (broad SMARTS) is 3. The number of nitrogens with two attached hydrogens (primary N) is 1. The van der Waals surface area contributed by atoms with Crippen LogP contribution >= 0.6 is 0 Å². The number of primary amides is 1. The average Bonchev–Trinajstić information content (AvgIpc) is 3.49. The summed E-state index contributed by atoms with van der Waals surface area (Å²) in [6, 6.07) is 0. The van der Waals surface area contributed by atoms with Crippen LogP contribution in [0.1, 0.15) is 16.9 Å². The summed E-state index contributed by atoms with van der Waals surface area (Å²) in [7, 11) is 0. The molecule has 0 spiro atoms. The molecule has 278 valence electrons. The number of imidazole rings is 1. The standard InChI is InChI=1S/C28H44N10O12/c29-26(46)25-27-31-32-38(28(47)37(27)20-30-25)10-12-49-14-16-50-15-13-48-11-1-21(39)36-8-6-34(18-23(42)43)4-2-33(17-22(40)41)3-5-35(7-9-36)19-24(44)45/h20H,1-19H2,(H2,29,46)(H,40,41)(H,42,43)(H,44,45). The second-order valence-corrected chi connectivity index (χ2v) is 11.2. The molecule has 0 atom stereocenters. The molecular weight excluding hydrogens is 668 g/mol. The Bertz CT molecular complexity index is 1470. The van der Waals surface area contributed by atoms with Crippen molar-refractivity contribution in [2.45, 2.75) is 13.0 Å². The van der Waals surface area contributed by atoms with Gasteiger partial charge in [0.15, 0.2) is 11.3 Å². The van der Waals surface area contributed by atoms with Gasteiger partial charge in [-0.05, 0) is 0 Å². The largest absolute Gasteiger partial charge is 0.480 e. The van der Waals surface area contributed by atoms with Crippen LogP contribution in [0, 0.1) is 0 Å². The normalized spacial score (nSPS) is 15.8. The van der Waals surface area contributed by atoms with Gasteiger partial charge in [0.25, 0.3) is 5.91 Å². The van der Waals surface area contributed by atoms with Gasteiger partial charge in [-0.3, -0.25) is 38.7 Å². The molecule has 2 aromatic heterocycles. The number of aromatic nitrogens is 5. The zero-order valence-electron chi connectivity index (χ0n) is 27.6. The molecular formula is C28H44N10O12. The van der Waals surface area contributed by atoms with Crippen molar-refractivity contribution in [2.75, 3.05) is 112 Å². The number of amides is 2. The number of ether oxygens (including phenoxy) is 3. The Hall–Kier alpha value is -4.61. The Morgan fingerprint density at radius 3 is 1.64 bits per heavy atom. The summed E-state index contributed by atoms with van der Waals surface area (Å²) in [6.45, 7) is 2.34. The molecule has 1 aliphatic heterocycles. The monoisotopic (exact) mass is 712 g/mol. The lowest BCUT2D eigenvalue weighted by molar-refractivity contribution is -0.141. The van der Waals surface area contributed by atoms with E-state index < -0.39 is 29.5 Å². The van der Waals surface area contributed by atoms with Gasteiger partial charge >= 0.3 is 23.6 Å². The fourth-order valence-electron chi connectivity index (χ4n) is 5.00. The summed E-state index contributed by atoms with van der Waals surface area (Å²) in [5.74, 6) is -4.20. The van der Waals surface area contributed by atoms with E-state index in [0.29, 0.717) is 0 Å². The van der Waals surface area contributed by atoms with Crippen molar-refractivity contribution in [1.29, 1.82) is 0 Å². The van der Waals surface area contributed by atoms with Crippen LogP contribution in [-0.2, 0) is 39.9 Å². The average molecular weight is 713 g/mol. The number of aliphatic carboxylic acids is 3. The molecule has 0 aliphatic carbocycles. The number of rotatable bonds is 19. The Morgan fingerprint density at radius 1 is 0.700 bits per heavy atom. The van der Waals surface area contributed by atoms with Crippen LogP contribution < -0.4 is 11.4 Å². The smallest absolute Gasteiger partial charge is 0.353 e. The molecule has 0 radical (unpaired) electrons. The van der Waals surface area contributed by atoms with Crippen molar-refractivity contribution >= 4 is 35.4 Å². The van der Waals surface area contributed by atoms with E-state index in [9.17, 15) is 44.1 Å².